The molecule has 1 radical (unpaired) electrons. The Morgan fingerprint density at radius 2 is 1.57 bits per heavy atom. The minimum absolute atomic E-state index is 0.0831. The molecular formula is C17H25N2O3S. The summed E-state index contributed by atoms with van der Waals surface area (Å²) in [6.07, 6.45) is 4.37. The number of hydrogen-bond donors (Lipinski definition) is 0. The summed E-state index contributed by atoms with van der Waals surface area (Å²) in [6.45, 7) is 7.79. The van der Waals surface area contributed by atoms with Gasteiger partial charge < -0.3 is 0 Å². The first-order valence-electron chi connectivity index (χ1n) is 7.73. The van der Waals surface area contributed by atoms with Gasteiger partial charge in [-0.25, -0.2) is 8.42 Å². The normalized spacial score (nSPS) is 22.5. The predicted molar refractivity (Wildman–Crippen MR) is 90.9 cm³/mol. The second-order valence-electron chi connectivity index (χ2n) is 7.60. The standard InChI is InChI=1S/C17H25N2O3S/c1-16(2)10-14(11-17(3,4)19(16)20)18-12-13-6-8-15(9-7-13)23(5,21)22/h6-9,12,14H,10-11H2,1-5H3. The molecule has 2 rings (SSSR count). The highest BCUT2D eigenvalue weighted by atomic mass is 32.2. The lowest BCUT2D eigenvalue weighted by molar-refractivity contribution is -0.288. The molecule has 1 aliphatic rings. The Morgan fingerprint density at radius 3 is 2.00 bits per heavy atom. The highest BCUT2D eigenvalue weighted by Crippen LogP contribution is 2.38. The Kier molecular flexibility index (Phi) is 4.72. The average Bonchev–Trinajstić information content (AvgIpc) is 2.41. The minimum atomic E-state index is -3.18. The van der Waals surface area contributed by atoms with Crippen LogP contribution in [0.25, 0.3) is 0 Å². The van der Waals surface area contributed by atoms with Gasteiger partial charge in [-0.1, -0.05) is 12.1 Å². The van der Waals surface area contributed by atoms with Gasteiger partial charge in [-0.3, -0.25) is 4.99 Å². The Labute approximate surface area is 138 Å². The smallest absolute Gasteiger partial charge is 0.175 e. The molecule has 0 amide bonds. The third-order valence-electron chi connectivity index (χ3n) is 4.31. The van der Waals surface area contributed by atoms with Gasteiger partial charge in [0.25, 0.3) is 0 Å². The summed E-state index contributed by atoms with van der Waals surface area (Å²) in [7, 11) is -3.18. The van der Waals surface area contributed by atoms with Gasteiger partial charge in [0.1, 0.15) is 0 Å². The SMILES string of the molecule is CC1(C)CC(N=Cc2ccc(S(C)(=O)=O)cc2)CC(C)(C)N1[O]. The van der Waals surface area contributed by atoms with E-state index in [1.165, 1.54) is 11.3 Å². The maximum Gasteiger partial charge on any atom is 0.175 e. The predicted octanol–water partition coefficient (Wildman–Crippen LogP) is 2.88. The van der Waals surface area contributed by atoms with Crippen LogP contribution in [0.1, 0.15) is 46.1 Å². The fourth-order valence-electron chi connectivity index (χ4n) is 3.31. The van der Waals surface area contributed by atoms with Crippen LogP contribution < -0.4 is 0 Å². The zero-order chi connectivity index (χ0) is 17.5. The largest absolute Gasteiger partial charge is 0.289 e. The van der Waals surface area contributed by atoms with E-state index in [9.17, 15) is 13.6 Å². The molecule has 0 N–H and O–H groups in total. The van der Waals surface area contributed by atoms with Gasteiger partial charge in [-0.2, -0.15) is 0 Å². The molecule has 23 heavy (non-hydrogen) atoms. The molecule has 5 nitrogen and oxygen atoms in total. The molecule has 1 fully saturated rings. The molecule has 0 aromatic heterocycles. The molecule has 0 spiro atoms. The molecule has 0 saturated carbocycles. The molecule has 0 bridgehead atoms. The van der Waals surface area contributed by atoms with Crippen molar-refractivity contribution in [3.63, 3.8) is 0 Å². The van der Waals surface area contributed by atoms with E-state index in [1.54, 1.807) is 30.5 Å². The summed E-state index contributed by atoms with van der Waals surface area (Å²) in [5.41, 5.74) is -0.0223. The average molecular weight is 337 g/mol. The van der Waals surface area contributed by atoms with Gasteiger partial charge >= 0.3 is 0 Å². The number of nitrogens with zero attached hydrogens (tertiary/aromatic N) is 2. The molecule has 1 aromatic carbocycles. The van der Waals surface area contributed by atoms with Crippen LogP contribution in [0.3, 0.4) is 0 Å². The number of hydrogen-bond acceptors (Lipinski definition) is 4. The first kappa shape index (κ1) is 18.1. The first-order valence-corrected chi connectivity index (χ1v) is 9.62. The number of hydroxylamine groups is 2. The molecule has 0 atom stereocenters. The van der Waals surface area contributed by atoms with Crippen molar-refractivity contribution in [1.29, 1.82) is 0 Å². The van der Waals surface area contributed by atoms with E-state index >= 15 is 0 Å². The van der Waals surface area contributed by atoms with Crippen LogP contribution in [-0.4, -0.2) is 43.1 Å². The van der Waals surface area contributed by atoms with Crippen LogP contribution in [-0.2, 0) is 15.0 Å². The number of sulfone groups is 1. The molecule has 6 heteroatoms. The lowest BCUT2D eigenvalue weighted by Crippen LogP contribution is -2.59. The fourth-order valence-corrected chi connectivity index (χ4v) is 3.94. The number of aliphatic imine (C=N–C) groups is 1. The van der Waals surface area contributed by atoms with Crippen LogP contribution in [0.5, 0.6) is 0 Å². The van der Waals surface area contributed by atoms with Gasteiger partial charge in [0.05, 0.1) is 10.9 Å². The Balaban J connectivity index is 2.14. The van der Waals surface area contributed by atoms with Crippen molar-refractivity contribution in [1.82, 2.24) is 5.06 Å². The van der Waals surface area contributed by atoms with Crippen LogP contribution >= 0.6 is 0 Å². The second-order valence-corrected chi connectivity index (χ2v) is 9.62. The van der Waals surface area contributed by atoms with E-state index < -0.39 is 20.9 Å². The van der Waals surface area contributed by atoms with Crippen LogP contribution in [0, 0.1) is 0 Å². The van der Waals surface area contributed by atoms with E-state index in [1.807, 2.05) is 27.7 Å². The third-order valence-corrected chi connectivity index (χ3v) is 5.44. The Morgan fingerprint density at radius 1 is 1.09 bits per heavy atom. The quantitative estimate of drug-likeness (QED) is 0.796. The van der Waals surface area contributed by atoms with Gasteiger partial charge in [-0.15, -0.1) is 10.3 Å². The molecule has 1 aromatic rings. The first-order chi connectivity index (χ1) is 10.4. The Bertz CT molecular complexity index is 673. The number of benzene rings is 1. The molecule has 1 saturated heterocycles. The van der Waals surface area contributed by atoms with E-state index in [0.29, 0.717) is 17.7 Å². The summed E-state index contributed by atoms with van der Waals surface area (Å²) in [5, 5.41) is 13.5. The number of piperidine rings is 1. The zero-order valence-electron chi connectivity index (χ0n) is 14.4. The van der Waals surface area contributed by atoms with Crippen LogP contribution in [0.15, 0.2) is 34.2 Å². The minimum Gasteiger partial charge on any atom is -0.289 e. The van der Waals surface area contributed by atoms with E-state index in [-0.39, 0.29) is 6.04 Å². The van der Waals surface area contributed by atoms with Crippen molar-refractivity contribution < 1.29 is 13.6 Å². The van der Waals surface area contributed by atoms with E-state index in [4.69, 9.17) is 0 Å². The van der Waals surface area contributed by atoms with Crippen LogP contribution in [0.2, 0.25) is 0 Å². The lowest BCUT2D eigenvalue weighted by Gasteiger charge is -2.48. The van der Waals surface area contributed by atoms with Crippen molar-refractivity contribution in [3.8, 4) is 0 Å². The van der Waals surface area contributed by atoms with Crippen molar-refractivity contribution in [2.24, 2.45) is 4.99 Å². The highest BCUT2D eigenvalue weighted by molar-refractivity contribution is 7.90. The van der Waals surface area contributed by atoms with Crippen LogP contribution in [0.4, 0.5) is 0 Å². The van der Waals surface area contributed by atoms with Gasteiger partial charge in [0, 0.05) is 23.5 Å². The monoisotopic (exact) mass is 337 g/mol. The van der Waals surface area contributed by atoms with Gasteiger partial charge in [0.15, 0.2) is 9.84 Å². The van der Waals surface area contributed by atoms with Crippen molar-refractivity contribution in [2.45, 2.75) is 62.6 Å². The van der Waals surface area contributed by atoms with E-state index in [2.05, 4.69) is 4.99 Å². The topological polar surface area (TPSA) is 69.6 Å². The molecule has 1 aliphatic heterocycles. The van der Waals surface area contributed by atoms with Gasteiger partial charge in [0.2, 0.25) is 0 Å². The summed E-state index contributed by atoms with van der Waals surface area (Å²) in [6, 6.07) is 6.76. The summed E-state index contributed by atoms with van der Waals surface area (Å²) in [4.78, 5) is 4.93. The van der Waals surface area contributed by atoms with Crippen molar-refractivity contribution >= 4 is 16.1 Å². The maximum absolute atomic E-state index is 12.3. The summed E-state index contributed by atoms with van der Waals surface area (Å²) < 4.78 is 22.9. The van der Waals surface area contributed by atoms with E-state index in [0.717, 1.165) is 5.56 Å². The zero-order valence-corrected chi connectivity index (χ0v) is 15.2. The maximum atomic E-state index is 12.3. The fraction of sp³-hybridized carbons (Fsp3) is 0.588. The third kappa shape index (κ3) is 4.19. The molecule has 127 valence electrons. The highest BCUT2D eigenvalue weighted by Gasteiger charge is 2.45. The summed E-state index contributed by atoms with van der Waals surface area (Å²) in [5.74, 6) is 0. The van der Waals surface area contributed by atoms with Crippen molar-refractivity contribution in [3.05, 3.63) is 29.8 Å². The molecule has 1 heterocycles. The van der Waals surface area contributed by atoms with Crippen molar-refractivity contribution in [2.75, 3.05) is 6.26 Å². The molecule has 0 unspecified atom stereocenters. The van der Waals surface area contributed by atoms with Gasteiger partial charge in [-0.05, 0) is 58.2 Å². The molecular weight excluding hydrogens is 312 g/mol. The Hall–Kier alpha value is -1.24. The molecule has 0 aliphatic carbocycles. The second kappa shape index (κ2) is 6.00. The summed E-state index contributed by atoms with van der Waals surface area (Å²) >= 11 is 0. The number of rotatable bonds is 3. The lowest BCUT2D eigenvalue weighted by atomic mass is 9.79.